The molecule has 0 saturated carbocycles. The van der Waals surface area contributed by atoms with Crippen molar-refractivity contribution in [1.29, 1.82) is 5.26 Å². The molecule has 0 aliphatic rings. The smallest absolute Gasteiger partial charge is 0.349 e. The van der Waals surface area contributed by atoms with E-state index in [1.165, 1.54) is 12.2 Å². The second kappa shape index (κ2) is 10.9. The van der Waals surface area contributed by atoms with Gasteiger partial charge in [0, 0.05) is 28.1 Å². The number of rotatable bonds is 7. The van der Waals surface area contributed by atoms with E-state index in [0.29, 0.717) is 5.56 Å². The molecule has 0 atom stereocenters. The molecule has 0 aliphatic carbocycles. The maximum atomic E-state index is 12.2. The summed E-state index contributed by atoms with van der Waals surface area (Å²) in [6.07, 6.45) is 2.86. The van der Waals surface area contributed by atoms with Crippen LogP contribution in [0, 0.1) is 25.2 Å². The van der Waals surface area contributed by atoms with E-state index >= 15 is 0 Å². The van der Waals surface area contributed by atoms with Gasteiger partial charge >= 0.3 is 12.0 Å². The van der Waals surface area contributed by atoms with Gasteiger partial charge in [-0.05, 0) is 55.8 Å². The topological polar surface area (TPSA) is 113 Å². The average molecular weight is 485 g/mol. The van der Waals surface area contributed by atoms with Crippen molar-refractivity contribution < 1.29 is 19.1 Å². The third-order valence-corrected chi connectivity index (χ3v) is 4.72. The Hall–Kier alpha value is -3.64. The number of halogens is 1. The lowest BCUT2D eigenvalue weighted by Crippen LogP contribution is -2.41. The first kappa shape index (κ1) is 23.6. The number of ether oxygens (including phenoxy) is 1. The molecular weight excluding hydrogens is 464 g/mol. The Bertz CT molecular complexity index is 1080. The van der Waals surface area contributed by atoms with Gasteiger partial charge in [-0.2, -0.15) is 5.26 Å². The Morgan fingerprint density at radius 3 is 2.55 bits per heavy atom. The van der Waals surface area contributed by atoms with E-state index in [-0.39, 0.29) is 12.1 Å². The van der Waals surface area contributed by atoms with E-state index in [1.807, 2.05) is 54.1 Å². The summed E-state index contributed by atoms with van der Waals surface area (Å²) in [5.41, 5.74) is 3.09. The molecule has 31 heavy (non-hydrogen) atoms. The summed E-state index contributed by atoms with van der Waals surface area (Å²) in [5, 5.41) is 13.7. The monoisotopic (exact) mass is 484 g/mol. The summed E-state index contributed by atoms with van der Waals surface area (Å²) in [7, 11) is 0. The molecule has 0 aliphatic heterocycles. The van der Waals surface area contributed by atoms with Gasteiger partial charge in [0.1, 0.15) is 11.6 Å². The van der Waals surface area contributed by atoms with Crippen LogP contribution in [-0.4, -0.2) is 35.6 Å². The van der Waals surface area contributed by atoms with Crippen molar-refractivity contribution in [2.45, 2.75) is 13.8 Å². The van der Waals surface area contributed by atoms with Gasteiger partial charge in [-0.15, -0.1) is 6.58 Å². The van der Waals surface area contributed by atoms with Crippen molar-refractivity contribution >= 4 is 39.9 Å². The number of imide groups is 1. The maximum absolute atomic E-state index is 12.2. The van der Waals surface area contributed by atoms with E-state index < -0.39 is 24.5 Å². The molecular formula is C22H21BrN4O4. The molecule has 8 nitrogen and oxygen atoms in total. The van der Waals surface area contributed by atoms with Crippen molar-refractivity contribution in [2.24, 2.45) is 0 Å². The summed E-state index contributed by atoms with van der Waals surface area (Å²) < 4.78 is 7.80. The lowest BCUT2D eigenvalue weighted by molar-refractivity contribution is -0.144. The standard InChI is InChI=1S/C22H21BrN4O4/c1-4-9-25-22(30)26-20(28)13-31-21(29)17(12-24)11-16-10-14(2)27(15(16)3)19-7-5-18(23)6-8-19/h4-8,10-11H,1,9,13H2,2-3H3,(H2,25,26,28,30)/b17-11+. The zero-order chi connectivity index (χ0) is 23.0. The number of benzene rings is 1. The molecule has 1 heterocycles. The van der Waals surface area contributed by atoms with Gasteiger partial charge in [0.05, 0.1) is 0 Å². The number of nitriles is 1. The molecule has 0 radical (unpaired) electrons. The summed E-state index contributed by atoms with van der Waals surface area (Å²) in [4.78, 5) is 35.3. The molecule has 2 rings (SSSR count). The summed E-state index contributed by atoms with van der Waals surface area (Å²) in [5.74, 6) is -1.78. The van der Waals surface area contributed by atoms with E-state index in [0.717, 1.165) is 21.5 Å². The summed E-state index contributed by atoms with van der Waals surface area (Å²) in [6.45, 7) is 6.70. The Morgan fingerprint density at radius 1 is 1.26 bits per heavy atom. The number of esters is 1. The van der Waals surface area contributed by atoms with Crippen LogP contribution in [0.3, 0.4) is 0 Å². The molecule has 0 bridgehead atoms. The van der Waals surface area contributed by atoms with Crippen molar-refractivity contribution in [3.63, 3.8) is 0 Å². The van der Waals surface area contributed by atoms with Crippen molar-refractivity contribution in [3.05, 3.63) is 70.0 Å². The van der Waals surface area contributed by atoms with Crippen molar-refractivity contribution in [2.75, 3.05) is 13.2 Å². The minimum atomic E-state index is -0.961. The number of hydrogen-bond acceptors (Lipinski definition) is 5. The van der Waals surface area contributed by atoms with Crippen LogP contribution in [-0.2, 0) is 14.3 Å². The first-order valence-electron chi connectivity index (χ1n) is 9.19. The molecule has 0 saturated heterocycles. The molecule has 1 aromatic carbocycles. The normalized spacial score (nSPS) is 10.7. The number of aromatic nitrogens is 1. The highest BCUT2D eigenvalue weighted by atomic mass is 79.9. The molecule has 1 aromatic heterocycles. The predicted octanol–water partition coefficient (Wildman–Crippen LogP) is 3.32. The number of hydrogen-bond donors (Lipinski definition) is 2. The number of aryl methyl sites for hydroxylation is 1. The molecule has 2 N–H and O–H groups in total. The van der Waals surface area contributed by atoms with Gasteiger partial charge in [0.2, 0.25) is 0 Å². The largest absolute Gasteiger partial charge is 0.451 e. The molecule has 0 unspecified atom stereocenters. The quantitative estimate of drug-likeness (QED) is 0.271. The van der Waals surface area contributed by atoms with Crippen molar-refractivity contribution in [3.8, 4) is 11.8 Å². The van der Waals surface area contributed by atoms with Crippen LogP contribution in [0.15, 0.2) is 53.0 Å². The van der Waals surface area contributed by atoms with Gasteiger partial charge < -0.3 is 14.6 Å². The minimum absolute atomic E-state index is 0.179. The minimum Gasteiger partial charge on any atom is -0.451 e. The Labute approximate surface area is 188 Å². The Kier molecular flexibility index (Phi) is 8.34. The van der Waals surface area contributed by atoms with Gasteiger partial charge in [0.25, 0.3) is 5.91 Å². The van der Waals surface area contributed by atoms with Crippen LogP contribution < -0.4 is 10.6 Å². The molecule has 0 fully saturated rings. The fourth-order valence-corrected chi connectivity index (χ4v) is 3.06. The molecule has 2 aromatic rings. The van der Waals surface area contributed by atoms with Crippen LogP contribution in [0.5, 0.6) is 0 Å². The van der Waals surface area contributed by atoms with Crippen LogP contribution in [0.4, 0.5) is 4.79 Å². The number of nitrogens with zero attached hydrogens (tertiary/aromatic N) is 2. The second-order valence-corrected chi connectivity index (χ2v) is 7.35. The average Bonchev–Trinajstić information content (AvgIpc) is 3.02. The first-order valence-corrected chi connectivity index (χ1v) is 9.98. The van der Waals surface area contributed by atoms with E-state index in [2.05, 4.69) is 27.8 Å². The Balaban J connectivity index is 2.12. The summed E-state index contributed by atoms with van der Waals surface area (Å²) in [6, 6.07) is 10.6. The highest BCUT2D eigenvalue weighted by Gasteiger charge is 2.17. The number of carbonyl (C=O) groups excluding carboxylic acids is 3. The number of nitrogens with one attached hydrogen (secondary N) is 2. The molecule has 0 spiro atoms. The van der Waals surface area contributed by atoms with Gasteiger partial charge in [0.15, 0.2) is 6.61 Å². The SMILES string of the molecule is C=CCNC(=O)NC(=O)COC(=O)/C(C#N)=C/c1cc(C)n(-c2ccc(Br)cc2)c1C. The van der Waals surface area contributed by atoms with Crippen LogP contribution in [0.25, 0.3) is 11.8 Å². The van der Waals surface area contributed by atoms with Crippen LogP contribution in [0.1, 0.15) is 17.0 Å². The van der Waals surface area contributed by atoms with E-state index in [9.17, 15) is 19.6 Å². The number of carbonyl (C=O) groups is 3. The molecule has 9 heteroatoms. The fourth-order valence-electron chi connectivity index (χ4n) is 2.79. The van der Waals surface area contributed by atoms with E-state index in [4.69, 9.17) is 4.74 Å². The predicted molar refractivity (Wildman–Crippen MR) is 119 cm³/mol. The van der Waals surface area contributed by atoms with Gasteiger partial charge in [-0.1, -0.05) is 22.0 Å². The highest BCUT2D eigenvalue weighted by molar-refractivity contribution is 9.10. The van der Waals surface area contributed by atoms with Crippen LogP contribution >= 0.6 is 15.9 Å². The highest BCUT2D eigenvalue weighted by Crippen LogP contribution is 2.24. The maximum Gasteiger partial charge on any atom is 0.349 e. The molecule has 3 amide bonds. The van der Waals surface area contributed by atoms with E-state index in [1.54, 1.807) is 6.07 Å². The zero-order valence-electron chi connectivity index (χ0n) is 17.1. The first-order chi connectivity index (χ1) is 14.8. The van der Waals surface area contributed by atoms with Crippen LogP contribution in [0.2, 0.25) is 0 Å². The van der Waals surface area contributed by atoms with Gasteiger partial charge in [-0.3, -0.25) is 10.1 Å². The fraction of sp³-hybridized carbons (Fsp3) is 0.182. The number of amides is 3. The lowest BCUT2D eigenvalue weighted by Gasteiger charge is -2.09. The second-order valence-electron chi connectivity index (χ2n) is 6.43. The Morgan fingerprint density at radius 2 is 1.94 bits per heavy atom. The van der Waals surface area contributed by atoms with Gasteiger partial charge in [-0.25, -0.2) is 9.59 Å². The number of urea groups is 1. The summed E-state index contributed by atoms with van der Waals surface area (Å²) >= 11 is 3.41. The lowest BCUT2D eigenvalue weighted by atomic mass is 10.1. The third-order valence-electron chi connectivity index (χ3n) is 4.19. The third kappa shape index (κ3) is 6.42. The molecule has 160 valence electrons. The van der Waals surface area contributed by atoms with Crippen molar-refractivity contribution in [1.82, 2.24) is 15.2 Å². The zero-order valence-corrected chi connectivity index (χ0v) is 18.7.